The van der Waals surface area contributed by atoms with Gasteiger partial charge in [-0.2, -0.15) is 0 Å². The molecule has 0 saturated carbocycles. The molecule has 1 aliphatic rings. The van der Waals surface area contributed by atoms with Gasteiger partial charge in [-0.05, 0) is 6.42 Å². The van der Waals surface area contributed by atoms with Crippen LogP contribution in [-0.2, 0) is 9.84 Å². The number of hydrogen-bond donors (Lipinski definition) is 2. The normalized spacial score (nSPS) is 21.2. The third kappa shape index (κ3) is 2.92. The van der Waals surface area contributed by atoms with Crippen LogP contribution in [0.3, 0.4) is 0 Å². The lowest BCUT2D eigenvalue weighted by molar-refractivity contribution is 0.0741. The van der Waals surface area contributed by atoms with E-state index in [1.807, 2.05) is 4.98 Å². The molecular weight excluding hydrogens is 274 g/mol. The highest BCUT2D eigenvalue weighted by Gasteiger charge is 2.33. The molecule has 2 rings (SSSR count). The minimum Gasteiger partial charge on any atom is -0.336 e. The molecule has 9 heteroatoms. The second-order valence-corrected chi connectivity index (χ2v) is 6.70. The molecule has 1 fully saturated rings. The van der Waals surface area contributed by atoms with Gasteiger partial charge in [0.25, 0.3) is 11.5 Å². The Balaban J connectivity index is 2.24. The predicted octanol–water partition coefficient (Wildman–Crippen LogP) is -1.68. The molecule has 0 spiro atoms. The number of carbonyl (C=O) groups excluding carboxylic acids is 1. The van der Waals surface area contributed by atoms with Gasteiger partial charge in [-0.25, -0.2) is 13.2 Å². The molecule has 0 aromatic carbocycles. The average molecular weight is 287 g/mol. The van der Waals surface area contributed by atoms with E-state index in [1.54, 1.807) is 0 Å². The standard InChI is InChI=1S/C10H13N3O5S/c1-13(6-2-3-19(17,18)5-6)9(15)7-4-8(14)12-10(16)11-7/h4,6H,2-3,5H2,1H3,(H2,11,12,14,16). The highest BCUT2D eigenvalue weighted by Crippen LogP contribution is 2.17. The van der Waals surface area contributed by atoms with Crippen LogP contribution in [0.15, 0.2) is 15.7 Å². The van der Waals surface area contributed by atoms with E-state index in [0.29, 0.717) is 6.42 Å². The summed E-state index contributed by atoms with van der Waals surface area (Å²) in [6.45, 7) is 0. The first kappa shape index (κ1) is 13.5. The van der Waals surface area contributed by atoms with Gasteiger partial charge < -0.3 is 9.88 Å². The zero-order valence-electron chi connectivity index (χ0n) is 10.2. The number of aromatic nitrogens is 2. The lowest BCUT2D eigenvalue weighted by Crippen LogP contribution is -2.39. The van der Waals surface area contributed by atoms with Crippen LogP contribution in [0, 0.1) is 0 Å². The van der Waals surface area contributed by atoms with Crippen LogP contribution in [0.5, 0.6) is 0 Å². The molecule has 0 aliphatic carbocycles. The molecule has 1 atom stereocenters. The van der Waals surface area contributed by atoms with Crippen molar-refractivity contribution in [3.63, 3.8) is 0 Å². The van der Waals surface area contributed by atoms with Crippen LogP contribution in [0.2, 0.25) is 0 Å². The molecule has 2 heterocycles. The zero-order chi connectivity index (χ0) is 14.2. The van der Waals surface area contributed by atoms with E-state index >= 15 is 0 Å². The summed E-state index contributed by atoms with van der Waals surface area (Å²) in [5, 5.41) is 0. The summed E-state index contributed by atoms with van der Waals surface area (Å²) >= 11 is 0. The van der Waals surface area contributed by atoms with Gasteiger partial charge in [0, 0.05) is 19.2 Å². The first-order chi connectivity index (χ1) is 8.78. The number of amides is 1. The summed E-state index contributed by atoms with van der Waals surface area (Å²) in [4.78, 5) is 39.7. The van der Waals surface area contributed by atoms with Gasteiger partial charge in [-0.15, -0.1) is 0 Å². The summed E-state index contributed by atoms with van der Waals surface area (Å²) in [5.74, 6) is -0.630. The Morgan fingerprint density at radius 2 is 2.05 bits per heavy atom. The molecule has 8 nitrogen and oxygen atoms in total. The van der Waals surface area contributed by atoms with Gasteiger partial charge in [0.2, 0.25) is 0 Å². The average Bonchev–Trinajstić information content (AvgIpc) is 2.66. The maximum Gasteiger partial charge on any atom is 0.326 e. The van der Waals surface area contributed by atoms with Gasteiger partial charge in [0.15, 0.2) is 9.84 Å². The fourth-order valence-electron chi connectivity index (χ4n) is 2.02. The van der Waals surface area contributed by atoms with Crippen molar-refractivity contribution >= 4 is 15.7 Å². The number of nitrogens with zero attached hydrogens (tertiary/aromatic N) is 1. The zero-order valence-corrected chi connectivity index (χ0v) is 11.0. The number of sulfone groups is 1. The SMILES string of the molecule is CN(C(=O)c1cc(=O)[nH]c(=O)[nH]1)C1CCS(=O)(=O)C1. The fraction of sp³-hybridized carbons (Fsp3) is 0.500. The molecule has 1 saturated heterocycles. The molecule has 1 aromatic heterocycles. The Morgan fingerprint density at radius 3 is 2.58 bits per heavy atom. The summed E-state index contributed by atoms with van der Waals surface area (Å²) < 4.78 is 22.7. The molecule has 1 unspecified atom stereocenters. The monoisotopic (exact) mass is 287 g/mol. The first-order valence-corrected chi connectivity index (χ1v) is 7.42. The molecule has 1 aromatic rings. The number of H-pyrrole nitrogens is 2. The van der Waals surface area contributed by atoms with Crippen LogP contribution < -0.4 is 11.2 Å². The number of carbonyl (C=O) groups is 1. The Morgan fingerprint density at radius 1 is 1.37 bits per heavy atom. The van der Waals surface area contributed by atoms with E-state index in [-0.39, 0.29) is 17.2 Å². The van der Waals surface area contributed by atoms with E-state index < -0.39 is 33.0 Å². The van der Waals surface area contributed by atoms with Crippen molar-refractivity contribution < 1.29 is 13.2 Å². The van der Waals surface area contributed by atoms with Gasteiger partial charge in [0.05, 0.1) is 11.5 Å². The quantitative estimate of drug-likeness (QED) is 0.673. The topological polar surface area (TPSA) is 120 Å². The van der Waals surface area contributed by atoms with Crippen molar-refractivity contribution in [2.75, 3.05) is 18.6 Å². The summed E-state index contributed by atoms with van der Waals surface area (Å²) in [5.41, 5.74) is -1.61. The van der Waals surface area contributed by atoms with E-state index in [1.165, 1.54) is 11.9 Å². The van der Waals surface area contributed by atoms with E-state index in [9.17, 15) is 22.8 Å². The van der Waals surface area contributed by atoms with E-state index in [0.717, 1.165) is 6.07 Å². The van der Waals surface area contributed by atoms with Crippen LogP contribution in [-0.4, -0.2) is 53.8 Å². The van der Waals surface area contributed by atoms with Crippen molar-refractivity contribution in [2.45, 2.75) is 12.5 Å². The lowest BCUT2D eigenvalue weighted by Gasteiger charge is -2.22. The third-order valence-electron chi connectivity index (χ3n) is 3.07. The van der Waals surface area contributed by atoms with Crippen LogP contribution in [0.25, 0.3) is 0 Å². The second-order valence-electron chi connectivity index (χ2n) is 4.47. The number of nitrogens with one attached hydrogen (secondary N) is 2. The largest absolute Gasteiger partial charge is 0.336 e. The van der Waals surface area contributed by atoms with Gasteiger partial charge in [-0.1, -0.05) is 0 Å². The minimum absolute atomic E-state index is 0.0428. The molecule has 1 amide bonds. The van der Waals surface area contributed by atoms with Crippen molar-refractivity contribution in [1.29, 1.82) is 0 Å². The lowest BCUT2D eigenvalue weighted by atomic mass is 10.2. The number of rotatable bonds is 2. The number of aromatic amines is 2. The summed E-state index contributed by atoms with van der Waals surface area (Å²) in [6, 6.07) is 0.546. The summed E-state index contributed by atoms with van der Waals surface area (Å²) in [7, 11) is -1.65. The molecular formula is C10H13N3O5S. The molecule has 1 aliphatic heterocycles. The molecule has 104 valence electrons. The highest BCUT2D eigenvalue weighted by molar-refractivity contribution is 7.91. The van der Waals surface area contributed by atoms with Gasteiger partial charge >= 0.3 is 5.69 Å². The van der Waals surface area contributed by atoms with E-state index in [2.05, 4.69) is 4.98 Å². The van der Waals surface area contributed by atoms with E-state index in [4.69, 9.17) is 0 Å². The van der Waals surface area contributed by atoms with Crippen LogP contribution in [0.1, 0.15) is 16.9 Å². The maximum absolute atomic E-state index is 12.1. The van der Waals surface area contributed by atoms with Crippen molar-refractivity contribution in [3.05, 3.63) is 32.6 Å². The van der Waals surface area contributed by atoms with Crippen molar-refractivity contribution in [1.82, 2.24) is 14.9 Å². The van der Waals surface area contributed by atoms with Crippen LogP contribution >= 0.6 is 0 Å². The van der Waals surface area contributed by atoms with Crippen LogP contribution in [0.4, 0.5) is 0 Å². The van der Waals surface area contributed by atoms with Crippen molar-refractivity contribution in [3.8, 4) is 0 Å². The van der Waals surface area contributed by atoms with Gasteiger partial charge in [-0.3, -0.25) is 14.6 Å². The Kier molecular flexibility index (Phi) is 3.31. The predicted molar refractivity (Wildman–Crippen MR) is 66.8 cm³/mol. The molecule has 0 radical (unpaired) electrons. The fourth-order valence-corrected chi connectivity index (χ4v) is 3.79. The maximum atomic E-state index is 12.1. The minimum atomic E-state index is -3.11. The second kappa shape index (κ2) is 4.65. The highest BCUT2D eigenvalue weighted by atomic mass is 32.2. The molecule has 2 N–H and O–H groups in total. The molecule has 0 bridgehead atoms. The van der Waals surface area contributed by atoms with Crippen molar-refractivity contribution in [2.24, 2.45) is 0 Å². The molecule has 19 heavy (non-hydrogen) atoms. The Bertz CT molecular complexity index is 689. The number of hydrogen-bond acceptors (Lipinski definition) is 5. The van der Waals surface area contributed by atoms with Gasteiger partial charge in [0.1, 0.15) is 5.69 Å². The first-order valence-electron chi connectivity index (χ1n) is 5.60. The smallest absolute Gasteiger partial charge is 0.326 e. The Hall–Kier alpha value is -1.90. The third-order valence-corrected chi connectivity index (χ3v) is 4.82. The Labute approximate surface area is 108 Å². The summed E-state index contributed by atoms with van der Waals surface area (Å²) in [6.07, 6.45) is 0.359.